The number of aromatic amines is 1. The smallest absolute Gasteiger partial charge is 0.209 e. The van der Waals surface area contributed by atoms with Gasteiger partial charge in [0.25, 0.3) is 0 Å². The van der Waals surface area contributed by atoms with Gasteiger partial charge in [-0.15, -0.1) is 0 Å². The lowest BCUT2D eigenvalue weighted by atomic mass is 9.99. The molecular formula is C27H34Br2N4. The summed E-state index contributed by atoms with van der Waals surface area (Å²) in [7, 11) is 0. The summed E-state index contributed by atoms with van der Waals surface area (Å²) in [6, 6.07) is 0.133. The van der Waals surface area contributed by atoms with Crippen molar-refractivity contribution in [2.75, 3.05) is 0 Å². The van der Waals surface area contributed by atoms with E-state index in [1.165, 1.54) is 45.3 Å². The van der Waals surface area contributed by atoms with E-state index in [1.54, 1.807) is 0 Å². The first kappa shape index (κ1) is 27.2. The first-order valence-corrected chi connectivity index (χ1v) is 11.8. The first-order chi connectivity index (χ1) is 15.0. The molecule has 0 aliphatic carbocycles. The largest absolute Gasteiger partial charge is 1.00 e. The molecule has 33 heavy (non-hydrogen) atoms. The maximum absolute atomic E-state index is 7.49. The minimum Gasteiger partial charge on any atom is -1.00 e. The van der Waals surface area contributed by atoms with Gasteiger partial charge in [-0.25, -0.2) is 4.99 Å². The molecule has 4 nitrogen and oxygen atoms in total. The van der Waals surface area contributed by atoms with Crippen molar-refractivity contribution < 1.29 is 22.0 Å². The van der Waals surface area contributed by atoms with Crippen LogP contribution >= 0.6 is 15.9 Å². The van der Waals surface area contributed by atoms with E-state index in [2.05, 4.69) is 85.8 Å². The molecule has 0 aromatic carbocycles. The van der Waals surface area contributed by atoms with Gasteiger partial charge in [0.05, 0.1) is 11.8 Å². The Bertz CT molecular complexity index is 1200. The third kappa shape index (κ3) is 5.55. The molecule has 3 N–H and O–H groups in total. The van der Waals surface area contributed by atoms with Crippen molar-refractivity contribution in [3.8, 4) is 0 Å². The molecule has 2 aliphatic heterocycles. The Hall–Kier alpha value is -2.05. The van der Waals surface area contributed by atoms with Crippen LogP contribution in [0.4, 0.5) is 0 Å². The Morgan fingerprint density at radius 1 is 1.12 bits per heavy atom. The average molecular weight is 574 g/mol. The predicted octanol–water partition coefficient (Wildman–Crippen LogP) is 2.44. The number of aliphatic imine (C=N–C) groups is 1. The topological polar surface area (TPSA) is 66.0 Å². The van der Waals surface area contributed by atoms with Crippen LogP contribution in [0.1, 0.15) is 64.1 Å². The fourth-order valence-electron chi connectivity index (χ4n) is 3.91. The Labute approximate surface area is 216 Å². The SMILES string of the molecule is CC1=C(C)/C(=C/c2[nH]c(CC3N=C(/C=C(Br)/C(C)=C(/C)C=N)C(C)=C3C)c(C)c2C)[NH+]=C1.[Br-]. The molecule has 0 amide bonds. The summed E-state index contributed by atoms with van der Waals surface area (Å²) in [5.74, 6) is 0. The number of allylic oxidation sites excluding steroid dienone is 7. The number of nitrogens with zero attached hydrogens (tertiary/aromatic N) is 1. The standard InChI is InChI=1S/C27H33BrN4.BrH/c1-14(12-29)16(3)22(28)9-24-18(5)19(6)26(31-24)11-27-21(8)20(7)25(32-27)10-23-17(4)15(2)13-30-23;/h9-10,12-13,26,29,32H,11H2,1-8H3;1H/b16-14-,22-9-,23-10-,29-12?;. The molecule has 3 rings (SSSR count). The van der Waals surface area contributed by atoms with Gasteiger partial charge in [0.15, 0.2) is 6.21 Å². The van der Waals surface area contributed by atoms with Gasteiger partial charge in [-0.1, -0.05) is 15.9 Å². The van der Waals surface area contributed by atoms with Crippen molar-refractivity contribution in [3.63, 3.8) is 0 Å². The van der Waals surface area contributed by atoms with E-state index in [0.29, 0.717) is 0 Å². The van der Waals surface area contributed by atoms with Crippen molar-refractivity contribution in [3.05, 3.63) is 72.2 Å². The molecular weight excluding hydrogens is 540 g/mol. The lowest BCUT2D eigenvalue weighted by molar-refractivity contribution is -0.380. The average Bonchev–Trinajstić information content (AvgIpc) is 3.33. The van der Waals surface area contributed by atoms with Gasteiger partial charge < -0.3 is 27.4 Å². The van der Waals surface area contributed by atoms with Gasteiger partial charge >= 0.3 is 0 Å². The highest BCUT2D eigenvalue weighted by molar-refractivity contribution is 9.12. The van der Waals surface area contributed by atoms with Crippen LogP contribution in [0.3, 0.4) is 0 Å². The third-order valence-electron chi connectivity index (χ3n) is 7.03. The van der Waals surface area contributed by atoms with Crippen LogP contribution in [-0.4, -0.2) is 29.2 Å². The zero-order chi connectivity index (χ0) is 23.7. The summed E-state index contributed by atoms with van der Waals surface area (Å²) in [6.45, 7) is 17.0. The molecule has 3 heterocycles. The molecule has 0 bridgehead atoms. The summed E-state index contributed by atoms with van der Waals surface area (Å²) in [6.07, 6.45) is 8.61. The first-order valence-electron chi connectivity index (χ1n) is 11.0. The molecule has 1 atom stereocenters. The molecule has 176 valence electrons. The number of nitrogens with one attached hydrogen (secondary N) is 3. The predicted molar refractivity (Wildman–Crippen MR) is 141 cm³/mol. The fraction of sp³-hybridized carbons (Fsp3) is 0.370. The second-order valence-electron chi connectivity index (χ2n) is 8.91. The molecule has 1 aromatic heterocycles. The summed E-state index contributed by atoms with van der Waals surface area (Å²) >= 11 is 3.68. The maximum atomic E-state index is 7.49. The lowest BCUT2D eigenvalue weighted by Crippen LogP contribution is -3.00. The maximum Gasteiger partial charge on any atom is 0.209 e. The van der Waals surface area contributed by atoms with E-state index in [0.717, 1.165) is 39.2 Å². The van der Waals surface area contributed by atoms with E-state index in [4.69, 9.17) is 10.4 Å². The second kappa shape index (κ2) is 10.9. The van der Waals surface area contributed by atoms with Gasteiger partial charge in [-0.3, -0.25) is 4.99 Å². The van der Waals surface area contributed by atoms with Crippen LogP contribution in [-0.2, 0) is 6.42 Å². The third-order valence-corrected chi connectivity index (χ3v) is 7.85. The molecule has 0 spiro atoms. The van der Waals surface area contributed by atoms with Crippen molar-refractivity contribution in [1.29, 1.82) is 5.41 Å². The fourth-order valence-corrected chi connectivity index (χ4v) is 4.44. The van der Waals surface area contributed by atoms with Crippen LogP contribution in [0, 0.1) is 19.3 Å². The van der Waals surface area contributed by atoms with E-state index < -0.39 is 0 Å². The van der Waals surface area contributed by atoms with E-state index in [-0.39, 0.29) is 23.0 Å². The summed E-state index contributed by atoms with van der Waals surface area (Å²) in [4.78, 5) is 12.1. The molecule has 0 saturated heterocycles. The Morgan fingerprint density at radius 2 is 1.79 bits per heavy atom. The van der Waals surface area contributed by atoms with Crippen molar-refractivity contribution in [2.45, 2.75) is 67.9 Å². The normalized spacial score (nSPS) is 20.5. The van der Waals surface area contributed by atoms with Crippen molar-refractivity contribution in [1.82, 2.24) is 4.98 Å². The Balaban J connectivity index is 0.00000385. The second-order valence-corrected chi connectivity index (χ2v) is 9.76. The van der Waals surface area contributed by atoms with Crippen molar-refractivity contribution >= 4 is 40.1 Å². The minimum absolute atomic E-state index is 0. The number of rotatable bonds is 6. The van der Waals surface area contributed by atoms with Gasteiger partial charge in [0, 0.05) is 45.7 Å². The molecule has 2 aliphatic rings. The number of halogens is 2. The minimum atomic E-state index is 0. The van der Waals surface area contributed by atoms with E-state index in [1.807, 2.05) is 13.8 Å². The Morgan fingerprint density at radius 3 is 2.36 bits per heavy atom. The monoisotopic (exact) mass is 572 g/mol. The highest BCUT2D eigenvalue weighted by atomic mass is 79.9. The van der Waals surface area contributed by atoms with Crippen LogP contribution in [0.15, 0.2) is 54.7 Å². The zero-order valence-electron chi connectivity index (χ0n) is 20.8. The van der Waals surface area contributed by atoms with Crippen LogP contribution < -0.4 is 22.0 Å². The zero-order valence-corrected chi connectivity index (χ0v) is 24.0. The molecule has 6 heteroatoms. The molecule has 1 unspecified atom stereocenters. The number of aromatic nitrogens is 1. The summed E-state index contributed by atoms with van der Waals surface area (Å²) in [5.41, 5.74) is 14.3. The van der Waals surface area contributed by atoms with Crippen LogP contribution in [0.5, 0.6) is 0 Å². The number of hydrogen-bond acceptors (Lipinski definition) is 2. The van der Waals surface area contributed by atoms with E-state index in [9.17, 15) is 0 Å². The van der Waals surface area contributed by atoms with Gasteiger partial charge in [-0.2, -0.15) is 0 Å². The quantitative estimate of drug-likeness (QED) is 0.346. The Kier molecular flexibility index (Phi) is 9.00. The molecule has 1 aromatic rings. The van der Waals surface area contributed by atoms with E-state index >= 15 is 0 Å². The molecule has 0 saturated carbocycles. The highest BCUT2D eigenvalue weighted by Gasteiger charge is 2.24. The van der Waals surface area contributed by atoms with Crippen LogP contribution in [0.2, 0.25) is 0 Å². The molecule has 0 radical (unpaired) electrons. The van der Waals surface area contributed by atoms with Crippen LogP contribution in [0.25, 0.3) is 6.08 Å². The van der Waals surface area contributed by atoms with Crippen molar-refractivity contribution in [2.24, 2.45) is 4.99 Å². The summed E-state index contributed by atoms with van der Waals surface area (Å²) in [5, 5.41) is 7.49. The van der Waals surface area contributed by atoms with Gasteiger partial charge in [-0.05, 0) is 94.9 Å². The van der Waals surface area contributed by atoms with Gasteiger partial charge in [0.1, 0.15) is 0 Å². The lowest BCUT2D eigenvalue weighted by Gasteiger charge is -2.09. The van der Waals surface area contributed by atoms with Gasteiger partial charge in [0.2, 0.25) is 5.70 Å². The number of H-pyrrole nitrogens is 1. The summed E-state index contributed by atoms with van der Waals surface area (Å²) < 4.78 is 0.977. The highest BCUT2D eigenvalue weighted by Crippen LogP contribution is 2.30. The number of hydrogen-bond donors (Lipinski definition) is 3. The molecule has 0 fully saturated rings.